The fourth-order valence-corrected chi connectivity index (χ4v) is 4.21. The molecular formula is C27H31N5O7. The van der Waals surface area contributed by atoms with E-state index in [0.717, 1.165) is 4.57 Å². The van der Waals surface area contributed by atoms with Gasteiger partial charge in [0.1, 0.15) is 18.1 Å². The minimum atomic E-state index is -1.59. The van der Waals surface area contributed by atoms with Gasteiger partial charge in [0.05, 0.1) is 17.3 Å². The number of rotatable bonds is 12. The number of aromatic nitrogens is 2. The lowest BCUT2D eigenvalue weighted by Crippen LogP contribution is -2.56. The first-order valence-electron chi connectivity index (χ1n) is 12.4. The zero-order valence-electron chi connectivity index (χ0n) is 21.5. The Labute approximate surface area is 223 Å². The quantitative estimate of drug-likeness (QED) is 0.221. The van der Waals surface area contributed by atoms with Crippen molar-refractivity contribution in [3.63, 3.8) is 0 Å². The number of benzene rings is 2. The third-order valence-electron chi connectivity index (χ3n) is 6.54. The Balaban J connectivity index is 2.02. The highest BCUT2D eigenvalue weighted by atomic mass is 16.4. The van der Waals surface area contributed by atoms with Crippen LogP contribution in [0.2, 0.25) is 0 Å². The van der Waals surface area contributed by atoms with Crippen molar-refractivity contribution in [2.75, 3.05) is 0 Å². The van der Waals surface area contributed by atoms with Gasteiger partial charge in [0, 0.05) is 6.42 Å². The average Bonchev–Trinajstić information content (AvgIpc) is 2.90. The second kappa shape index (κ2) is 12.7. The number of carbonyl (C=O) groups is 4. The lowest BCUT2D eigenvalue weighted by molar-refractivity contribution is -0.144. The van der Waals surface area contributed by atoms with E-state index in [1.807, 2.05) is 0 Å². The first-order chi connectivity index (χ1) is 18.5. The van der Waals surface area contributed by atoms with Crippen LogP contribution in [0.4, 0.5) is 0 Å². The molecule has 0 radical (unpaired) electrons. The maximum absolute atomic E-state index is 13.7. The molecule has 1 heterocycles. The number of hydrogen-bond acceptors (Lipinski definition) is 6. The molecule has 3 rings (SSSR count). The molecule has 1 aromatic heterocycles. The van der Waals surface area contributed by atoms with Gasteiger partial charge in [-0.1, -0.05) is 62.7 Å². The molecule has 0 saturated carbocycles. The maximum atomic E-state index is 13.7. The van der Waals surface area contributed by atoms with E-state index >= 15 is 0 Å². The zero-order chi connectivity index (χ0) is 28.7. The van der Waals surface area contributed by atoms with Crippen LogP contribution in [-0.4, -0.2) is 50.4 Å². The number of fused-ring (bicyclic) bond motifs is 1. The van der Waals surface area contributed by atoms with E-state index in [9.17, 15) is 33.9 Å². The number of para-hydroxylation sites is 1. The summed E-state index contributed by atoms with van der Waals surface area (Å²) in [4.78, 5) is 78.8. The van der Waals surface area contributed by atoms with E-state index in [0.29, 0.717) is 17.5 Å². The first-order valence-corrected chi connectivity index (χ1v) is 12.4. The predicted molar refractivity (Wildman–Crippen MR) is 143 cm³/mol. The molecule has 0 bridgehead atoms. The van der Waals surface area contributed by atoms with Crippen molar-refractivity contribution in [1.29, 1.82) is 0 Å². The molecule has 0 saturated heterocycles. The number of hydrogen-bond donors (Lipinski definition) is 5. The molecule has 2 aromatic carbocycles. The summed E-state index contributed by atoms with van der Waals surface area (Å²) < 4.78 is 0.823. The molecule has 0 aliphatic rings. The third-order valence-corrected chi connectivity index (χ3v) is 6.54. The van der Waals surface area contributed by atoms with Crippen LogP contribution in [0.5, 0.6) is 0 Å². The van der Waals surface area contributed by atoms with Crippen molar-refractivity contribution < 1.29 is 24.3 Å². The SMILES string of the molecule is CCC(C)C(NC(=O)C(Cc1ccccc1)n1c(=O)[nH]c2ccccc2c1=O)C(=O)NC(CC(N)=O)C(=O)O. The van der Waals surface area contributed by atoms with Gasteiger partial charge in [-0.3, -0.25) is 19.2 Å². The summed E-state index contributed by atoms with van der Waals surface area (Å²) in [5.74, 6) is -4.49. The molecular weight excluding hydrogens is 506 g/mol. The smallest absolute Gasteiger partial charge is 0.329 e. The predicted octanol–water partition coefficient (Wildman–Crippen LogP) is 0.449. The summed E-state index contributed by atoms with van der Waals surface area (Å²) in [5.41, 5.74) is 4.60. The van der Waals surface area contributed by atoms with Gasteiger partial charge >= 0.3 is 11.7 Å². The third kappa shape index (κ3) is 6.98. The van der Waals surface area contributed by atoms with Crippen LogP contribution >= 0.6 is 0 Å². The number of aliphatic carboxylic acids is 1. The van der Waals surface area contributed by atoms with E-state index in [1.54, 1.807) is 62.4 Å². The maximum Gasteiger partial charge on any atom is 0.329 e. The summed E-state index contributed by atoms with van der Waals surface area (Å²) in [5, 5.41) is 14.5. The van der Waals surface area contributed by atoms with Gasteiger partial charge in [0.25, 0.3) is 5.56 Å². The van der Waals surface area contributed by atoms with Crippen LogP contribution in [0, 0.1) is 5.92 Å². The fraction of sp³-hybridized carbons (Fsp3) is 0.333. The van der Waals surface area contributed by atoms with E-state index in [1.165, 1.54) is 6.07 Å². The molecule has 12 nitrogen and oxygen atoms in total. The largest absolute Gasteiger partial charge is 0.480 e. The Hall–Kier alpha value is -4.74. The summed E-state index contributed by atoms with van der Waals surface area (Å²) in [6.45, 7) is 3.45. The minimum Gasteiger partial charge on any atom is -0.480 e. The minimum absolute atomic E-state index is 0.0394. The molecule has 0 aliphatic heterocycles. The number of amides is 3. The first kappa shape index (κ1) is 28.8. The number of H-pyrrole nitrogens is 1. The topological polar surface area (TPSA) is 193 Å². The summed E-state index contributed by atoms with van der Waals surface area (Å²) in [6, 6.07) is 11.0. The van der Waals surface area contributed by atoms with Crippen molar-refractivity contribution in [1.82, 2.24) is 20.2 Å². The van der Waals surface area contributed by atoms with Gasteiger partial charge < -0.3 is 26.5 Å². The van der Waals surface area contributed by atoms with Crippen LogP contribution in [0.1, 0.15) is 38.3 Å². The van der Waals surface area contributed by atoms with Gasteiger partial charge in [-0.15, -0.1) is 0 Å². The zero-order valence-corrected chi connectivity index (χ0v) is 21.5. The van der Waals surface area contributed by atoms with Gasteiger partial charge in [0.2, 0.25) is 17.7 Å². The van der Waals surface area contributed by atoms with Crippen LogP contribution < -0.4 is 27.6 Å². The Morgan fingerprint density at radius 3 is 2.23 bits per heavy atom. The molecule has 0 spiro atoms. The molecule has 0 fully saturated rings. The molecule has 0 aliphatic carbocycles. The number of nitrogens with zero attached hydrogens (tertiary/aromatic N) is 1. The van der Waals surface area contributed by atoms with Crippen molar-refractivity contribution in [3.8, 4) is 0 Å². The number of carboxylic acid groups (broad SMARTS) is 1. The molecule has 4 unspecified atom stereocenters. The summed E-state index contributed by atoms with van der Waals surface area (Å²) >= 11 is 0. The van der Waals surface area contributed by atoms with Crippen LogP contribution in [0.25, 0.3) is 10.9 Å². The highest BCUT2D eigenvalue weighted by Crippen LogP contribution is 2.16. The van der Waals surface area contributed by atoms with E-state index in [2.05, 4.69) is 15.6 Å². The van der Waals surface area contributed by atoms with Gasteiger partial charge in [-0.05, 0) is 23.6 Å². The Morgan fingerprint density at radius 2 is 1.62 bits per heavy atom. The molecule has 206 valence electrons. The molecule has 12 heteroatoms. The van der Waals surface area contributed by atoms with Crippen molar-refractivity contribution in [2.24, 2.45) is 11.7 Å². The van der Waals surface area contributed by atoms with Crippen molar-refractivity contribution in [3.05, 3.63) is 81.0 Å². The highest BCUT2D eigenvalue weighted by molar-refractivity contribution is 5.93. The standard InChI is InChI=1S/C27H31N5O7/c1-3-15(2)22(24(35)29-19(26(37)38)14-21(28)33)31-23(34)20(13-16-9-5-4-6-10-16)32-25(36)17-11-7-8-12-18(17)30-27(32)39/h4-12,15,19-20,22H,3,13-14H2,1-2H3,(H2,28,33)(H,29,35)(H,30,39)(H,31,34)(H,37,38). The fourth-order valence-electron chi connectivity index (χ4n) is 4.21. The van der Waals surface area contributed by atoms with Crippen LogP contribution in [0.3, 0.4) is 0 Å². The van der Waals surface area contributed by atoms with Gasteiger partial charge in [0.15, 0.2) is 0 Å². The lowest BCUT2D eigenvalue weighted by Gasteiger charge is -2.27. The van der Waals surface area contributed by atoms with Crippen molar-refractivity contribution in [2.45, 2.75) is 51.2 Å². The summed E-state index contributed by atoms with van der Waals surface area (Å²) in [7, 11) is 0. The lowest BCUT2D eigenvalue weighted by atomic mass is 9.96. The Kier molecular flexibility index (Phi) is 9.37. The van der Waals surface area contributed by atoms with E-state index in [4.69, 9.17) is 5.73 Å². The normalized spacial score (nSPS) is 14.1. The highest BCUT2D eigenvalue weighted by Gasteiger charge is 2.34. The van der Waals surface area contributed by atoms with Gasteiger partial charge in [-0.2, -0.15) is 0 Å². The molecule has 4 atom stereocenters. The molecule has 3 amide bonds. The number of carboxylic acids is 1. The van der Waals surface area contributed by atoms with Gasteiger partial charge in [-0.25, -0.2) is 14.2 Å². The van der Waals surface area contributed by atoms with E-state index < -0.39 is 65.4 Å². The molecule has 6 N–H and O–H groups in total. The Morgan fingerprint density at radius 1 is 0.974 bits per heavy atom. The second-order valence-corrected chi connectivity index (χ2v) is 9.30. The van der Waals surface area contributed by atoms with Crippen LogP contribution in [-0.2, 0) is 25.6 Å². The molecule has 3 aromatic rings. The Bertz CT molecular complexity index is 1480. The molecule has 39 heavy (non-hydrogen) atoms. The second-order valence-electron chi connectivity index (χ2n) is 9.30. The number of primary amides is 1. The van der Waals surface area contributed by atoms with Crippen LogP contribution in [0.15, 0.2) is 64.2 Å². The average molecular weight is 538 g/mol. The number of carbonyl (C=O) groups excluding carboxylic acids is 3. The number of nitrogens with two attached hydrogens (primary N) is 1. The van der Waals surface area contributed by atoms with Crippen molar-refractivity contribution >= 4 is 34.6 Å². The number of nitrogens with one attached hydrogen (secondary N) is 3. The summed E-state index contributed by atoms with van der Waals surface area (Å²) in [6.07, 6.45) is -0.255. The van der Waals surface area contributed by atoms with E-state index in [-0.39, 0.29) is 11.8 Å². The number of aromatic amines is 1. The monoisotopic (exact) mass is 537 g/mol.